The Bertz CT molecular complexity index is 670. The summed E-state index contributed by atoms with van der Waals surface area (Å²) in [6.07, 6.45) is -4.63. The van der Waals surface area contributed by atoms with Gasteiger partial charge in [-0.3, -0.25) is 4.79 Å². The topological polar surface area (TPSA) is 38.8 Å². The van der Waals surface area contributed by atoms with Gasteiger partial charge in [0.2, 0.25) is 0 Å². The highest BCUT2D eigenvalue weighted by molar-refractivity contribution is 6.07. The number of hydrogen-bond acceptors (Lipinski definition) is 3. The van der Waals surface area contributed by atoms with Crippen LogP contribution in [-0.4, -0.2) is 32.8 Å². The first kappa shape index (κ1) is 14.9. The van der Waals surface area contributed by atoms with Crippen molar-refractivity contribution in [1.29, 1.82) is 0 Å². The number of nitrogens with zero attached hydrogens (tertiary/aromatic N) is 1. The first-order chi connectivity index (χ1) is 10.2. The molecule has 1 aromatic carbocycles. The van der Waals surface area contributed by atoms with Gasteiger partial charge in [-0.2, -0.15) is 13.2 Å². The minimum atomic E-state index is -4.63. The molecule has 3 rings (SSSR count). The zero-order chi connectivity index (χ0) is 16.3. The van der Waals surface area contributed by atoms with Gasteiger partial charge in [0, 0.05) is 12.6 Å². The van der Waals surface area contributed by atoms with Crippen LogP contribution in [0.2, 0.25) is 0 Å². The molecule has 2 heterocycles. The van der Waals surface area contributed by atoms with Crippen LogP contribution < -0.4 is 9.64 Å². The van der Waals surface area contributed by atoms with Crippen LogP contribution in [0.4, 0.5) is 18.9 Å². The van der Waals surface area contributed by atoms with Crippen molar-refractivity contribution < 1.29 is 27.4 Å². The molecule has 0 N–H and O–H groups in total. The summed E-state index contributed by atoms with van der Waals surface area (Å²) in [5.74, 6) is -2.44. The standard InChI is InChI=1S/C15H14F3NO3/c1-8-7-22-14(12(8)15(16,17)18)10-6-9(21-3)4-5-11(10)19(2)13(14)20/h4-6,12H,1,7H2,2-3H3/t12-,14-/m0/s1. The number of hydrogen-bond donors (Lipinski definition) is 0. The Morgan fingerprint density at radius 2 is 2.14 bits per heavy atom. The molecular weight excluding hydrogens is 299 g/mol. The highest BCUT2D eigenvalue weighted by Gasteiger charge is 2.68. The van der Waals surface area contributed by atoms with Crippen molar-refractivity contribution >= 4 is 11.6 Å². The van der Waals surface area contributed by atoms with E-state index in [9.17, 15) is 18.0 Å². The van der Waals surface area contributed by atoms with Crippen LogP contribution in [0, 0.1) is 5.92 Å². The van der Waals surface area contributed by atoms with Crippen LogP contribution in [0.3, 0.4) is 0 Å². The second-order valence-electron chi connectivity index (χ2n) is 5.40. The van der Waals surface area contributed by atoms with Gasteiger partial charge in [0.05, 0.1) is 19.4 Å². The fraction of sp³-hybridized carbons (Fsp3) is 0.400. The zero-order valence-corrected chi connectivity index (χ0v) is 12.0. The molecule has 2 atom stereocenters. The van der Waals surface area contributed by atoms with Crippen molar-refractivity contribution in [3.63, 3.8) is 0 Å². The Morgan fingerprint density at radius 1 is 1.45 bits per heavy atom. The number of methoxy groups -OCH3 is 1. The molecule has 2 aliphatic rings. The van der Waals surface area contributed by atoms with E-state index in [1.165, 1.54) is 25.1 Å². The summed E-state index contributed by atoms with van der Waals surface area (Å²) >= 11 is 0. The van der Waals surface area contributed by atoms with Gasteiger partial charge in [-0.05, 0) is 23.8 Å². The first-order valence-electron chi connectivity index (χ1n) is 6.58. The van der Waals surface area contributed by atoms with Crippen molar-refractivity contribution in [3.8, 4) is 5.75 Å². The third-order valence-electron chi connectivity index (χ3n) is 4.21. The predicted octanol–water partition coefficient (Wildman–Crippen LogP) is 2.63. The maximum Gasteiger partial charge on any atom is 0.399 e. The molecule has 1 aromatic rings. The fourth-order valence-corrected chi connectivity index (χ4v) is 3.25. The molecule has 1 fully saturated rings. The van der Waals surface area contributed by atoms with E-state index in [1.807, 2.05) is 0 Å². The Kier molecular flexibility index (Phi) is 3.04. The van der Waals surface area contributed by atoms with Crippen molar-refractivity contribution in [2.24, 2.45) is 5.92 Å². The van der Waals surface area contributed by atoms with E-state index in [2.05, 4.69) is 6.58 Å². The molecule has 1 amide bonds. The molecule has 1 saturated heterocycles. The highest BCUT2D eigenvalue weighted by Crippen LogP contribution is 2.57. The number of carbonyl (C=O) groups is 1. The number of anilines is 1. The van der Waals surface area contributed by atoms with E-state index >= 15 is 0 Å². The average Bonchev–Trinajstić information content (AvgIpc) is 2.91. The minimum absolute atomic E-state index is 0.148. The monoisotopic (exact) mass is 313 g/mol. The normalized spacial score (nSPS) is 27.7. The summed E-state index contributed by atoms with van der Waals surface area (Å²) in [5.41, 5.74) is -1.70. The van der Waals surface area contributed by atoms with Gasteiger partial charge < -0.3 is 14.4 Å². The van der Waals surface area contributed by atoms with Gasteiger partial charge in [0.25, 0.3) is 5.91 Å². The summed E-state index contributed by atoms with van der Waals surface area (Å²) in [5, 5.41) is 0. The summed E-state index contributed by atoms with van der Waals surface area (Å²) < 4.78 is 51.1. The van der Waals surface area contributed by atoms with Crippen molar-refractivity contribution in [1.82, 2.24) is 0 Å². The number of alkyl halides is 3. The zero-order valence-electron chi connectivity index (χ0n) is 12.0. The smallest absolute Gasteiger partial charge is 0.399 e. The molecule has 0 aromatic heterocycles. The number of ether oxygens (including phenoxy) is 2. The number of benzene rings is 1. The second kappa shape index (κ2) is 4.49. The van der Waals surface area contributed by atoms with Crippen molar-refractivity contribution in [2.45, 2.75) is 11.8 Å². The van der Waals surface area contributed by atoms with E-state index in [1.54, 1.807) is 12.1 Å². The lowest BCUT2D eigenvalue weighted by Gasteiger charge is -2.30. The lowest BCUT2D eigenvalue weighted by molar-refractivity contribution is -0.205. The molecule has 118 valence electrons. The minimum Gasteiger partial charge on any atom is -0.497 e. The van der Waals surface area contributed by atoms with E-state index < -0.39 is 23.6 Å². The maximum absolute atomic E-state index is 13.5. The summed E-state index contributed by atoms with van der Waals surface area (Å²) in [6.45, 7) is 3.14. The highest BCUT2D eigenvalue weighted by atomic mass is 19.4. The lowest BCUT2D eigenvalue weighted by atomic mass is 9.80. The SMILES string of the molecule is C=C1CO[C@]2(C(=O)N(C)c3ccc(OC)cc32)[C@H]1C(F)(F)F. The number of likely N-dealkylation sites (N-methyl/N-ethyl adjacent to an activating group) is 1. The molecule has 0 aliphatic carbocycles. The molecule has 2 aliphatic heterocycles. The fourth-order valence-electron chi connectivity index (χ4n) is 3.25. The summed E-state index contributed by atoms with van der Waals surface area (Å²) in [6, 6.07) is 4.57. The third kappa shape index (κ3) is 1.71. The predicted molar refractivity (Wildman–Crippen MR) is 72.7 cm³/mol. The van der Waals surface area contributed by atoms with Gasteiger partial charge >= 0.3 is 6.18 Å². The van der Waals surface area contributed by atoms with Crippen LogP contribution >= 0.6 is 0 Å². The van der Waals surface area contributed by atoms with Gasteiger partial charge in [-0.1, -0.05) is 6.58 Å². The van der Waals surface area contributed by atoms with E-state index in [-0.39, 0.29) is 17.7 Å². The Hall–Kier alpha value is -2.02. The molecule has 1 spiro atoms. The number of amides is 1. The van der Waals surface area contributed by atoms with Gasteiger partial charge in [-0.25, -0.2) is 0 Å². The van der Waals surface area contributed by atoms with Crippen LogP contribution in [-0.2, 0) is 15.1 Å². The number of rotatable bonds is 1. The van der Waals surface area contributed by atoms with Crippen molar-refractivity contribution in [3.05, 3.63) is 35.9 Å². The van der Waals surface area contributed by atoms with Crippen LogP contribution in [0.1, 0.15) is 5.56 Å². The van der Waals surface area contributed by atoms with Crippen LogP contribution in [0.15, 0.2) is 30.4 Å². The Labute approximate surface area is 125 Å². The first-order valence-corrected chi connectivity index (χ1v) is 6.58. The molecule has 0 saturated carbocycles. The largest absolute Gasteiger partial charge is 0.497 e. The number of halogens is 3. The van der Waals surface area contributed by atoms with E-state index in [0.29, 0.717) is 11.4 Å². The Morgan fingerprint density at radius 3 is 2.73 bits per heavy atom. The van der Waals surface area contributed by atoms with E-state index in [0.717, 1.165) is 0 Å². The second-order valence-corrected chi connectivity index (χ2v) is 5.40. The number of carbonyl (C=O) groups excluding carboxylic acids is 1. The maximum atomic E-state index is 13.5. The Balaban J connectivity index is 2.27. The van der Waals surface area contributed by atoms with E-state index in [4.69, 9.17) is 9.47 Å². The molecule has 0 unspecified atom stereocenters. The molecule has 4 nitrogen and oxygen atoms in total. The van der Waals surface area contributed by atoms with Crippen LogP contribution in [0.25, 0.3) is 0 Å². The molecule has 0 radical (unpaired) electrons. The number of fused-ring (bicyclic) bond motifs is 2. The summed E-state index contributed by atoms with van der Waals surface area (Å²) in [4.78, 5) is 13.8. The average molecular weight is 313 g/mol. The summed E-state index contributed by atoms with van der Waals surface area (Å²) in [7, 11) is 2.84. The third-order valence-corrected chi connectivity index (χ3v) is 4.21. The quantitative estimate of drug-likeness (QED) is 0.748. The lowest BCUT2D eigenvalue weighted by Crippen LogP contribution is -2.48. The van der Waals surface area contributed by atoms with Gasteiger partial charge in [-0.15, -0.1) is 0 Å². The van der Waals surface area contributed by atoms with Gasteiger partial charge in [0.1, 0.15) is 11.7 Å². The molecule has 7 heteroatoms. The molecule has 22 heavy (non-hydrogen) atoms. The molecule has 0 bridgehead atoms. The van der Waals surface area contributed by atoms with Crippen molar-refractivity contribution in [2.75, 3.05) is 25.7 Å². The molecular formula is C15H14F3NO3. The van der Waals surface area contributed by atoms with Gasteiger partial charge in [0.15, 0.2) is 5.60 Å². The van der Waals surface area contributed by atoms with Crippen LogP contribution in [0.5, 0.6) is 5.75 Å².